The summed E-state index contributed by atoms with van der Waals surface area (Å²) in [5, 5.41) is 9.59. The molecule has 0 aliphatic rings. The summed E-state index contributed by atoms with van der Waals surface area (Å²) in [5.74, 6) is -0.477. The molecule has 1 atom stereocenters. The summed E-state index contributed by atoms with van der Waals surface area (Å²) in [6.45, 7) is 3.33. The van der Waals surface area contributed by atoms with Gasteiger partial charge in [0.25, 0.3) is 5.91 Å². The van der Waals surface area contributed by atoms with Crippen molar-refractivity contribution in [2.24, 2.45) is 7.05 Å². The monoisotopic (exact) mass is 381 g/mol. The minimum Gasteiger partial charge on any atom is -0.339 e. The molecule has 12 heteroatoms. The molecule has 0 aromatic carbocycles. The van der Waals surface area contributed by atoms with E-state index in [1.165, 1.54) is 13.4 Å². The normalized spacial score (nSPS) is 12.8. The summed E-state index contributed by atoms with van der Waals surface area (Å²) in [5.41, 5.74) is -0.246. The summed E-state index contributed by atoms with van der Waals surface area (Å²) in [6, 6.07) is 1.59. The van der Waals surface area contributed by atoms with Gasteiger partial charge in [0.1, 0.15) is 23.8 Å². The molecule has 0 aliphatic carbocycles. The highest BCUT2D eigenvalue weighted by Gasteiger charge is 2.35. The predicted octanol–water partition coefficient (Wildman–Crippen LogP) is 2.08. The van der Waals surface area contributed by atoms with Crippen molar-refractivity contribution in [2.75, 3.05) is 0 Å². The number of nitrogens with one attached hydrogen (secondary N) is 1. The van der Waals surface area contributed by atoms with Gasteiger partial charge in [0.2, 0.25) is 11.7 Å². The van der Waals surface area contributed by atoms with Crippen LogP contribution >= 0.6 is 0 Å². The quantitative estimate of drug-likeness (QED) is 0.736. The van der Waals surface area contributed by atoms with E-state index >= 15 is 0 Å². The number of carbonyl (C=O) groups excluding carboxylic acids is 1. The number of rotatable bonds is 4. The van der Waals surface area contributed by atoms with Gasteiger partial charge in [-0.05, 0) is 19.9 Å². The number of aryl methyl sites for hydroxylation is 2. The van der Waals surface area contributed by atoms with Crippen LogP contribution in [0.15, 0.2) is 23.0 Å². The summed E-state index contributed by atoms with van der Waals surface area (Å²) in [4.78, 5) is 24.4. The number of amides is 1. The second-order valence-electron chi connectivity index (χ2n) is 5.73. The van der Waals surface area contributed by atoms with Gasteiger partial charge in [0.05, 0.1) is 0 Å². The molecule has 142 valence electrons. The molecule has 0 saturated heterocycles. The Hall–Kier alpha value is -3.31. The highest BCUT2D eigenvalue weighted by atomic mass is 19.4. The first-order valence-corrected chi connectivity index (χ1v) is 7.70. The third-order valence-electron chi connectivity index (χ3n) is 3.60. The lowest BCUT2D eigenvalue weighted by Crippen LogP contribution is -2.28. The minimum atomic E-state index is -4.64. The van der Waals surface area contributed by atoms with Crippen LogP contribution < -0.4 is 5.32 Å². The Morgan fingerprint density at radius 2 is 2.04 bits per heavy atom. The predicted molar refractivity (Wildman–Crippen MR) is 84.2 cm³/mol. The average Bonchev–Trinajstić information content (AvgIpc) is 3.21. The molecule has 3 aromatic rings. The molecule has 0 saturated carbocycles. The van der Waals surface area contributed by atoms with Crippen LogP contribution in [0.2, 0.25) is 0 Å². The molecule has 27 heavy (non-hydrogen) atoms. The van der Waals surface area contributed by atoms with E-state index < -0.39 is 23.8 Å². The van der Waals surface area contributed by atoms with Gasteiger partial charge in [-0.15, -0.1) is 0 Å². The number of hydrogen-bond acceptors (Lipinski definition) is 7. The third kappa shape index (κ3) is 3.93. The van der Waals surface area contributed by atoms with Crippen molar-refractivity contribution in [2.45, 2.75) is 26.1 Å². The molecule has 9 nitrogen and oxygen atoms in total. The fourth-order valence-corrected chi connectivity index (χ4v) is 2.24. The molecule has 0 unspecified atom stereocenters. The van der Waals surface area contributed by atoms with Crippen LogP contribution in [0.1, 0.15) is 40.7 Å². The molecule has 1 amide bonds. The lowest BCUT2D eigenvalue weighted by atomic mass is 10.3. The van der Waals surface area contributed by atoms with Crippen LogP contribution in [0.3, 0.4) is 0 Å². The average molecular weight is 381 g/mol. The fourth-order valence-electron chi connectivity index (χ4n) is 2.24. The number of aromatic nitrogens is 6. The zero-order chi connectivity index (χ0) is 19.8. The van der Waals surface area contributed by atoms with Gasteiger partial charge < -0.3 is 9.84 Å². The van der Waals surface area contributed by atoms with Gasteiger partial charge in [0.15, 0.2) is 5.69 Å². The van der Waals surface area contributed by atoms with Crippen LogP contribution in [0.5, 0.6) is 0 Å². The molecular weight excluding hydrogens is 367 g/mol. The van der Waals surface area contributed by atoms with Gasteiger partial charge >= 0.3 is 6.18 Å². The Kier molecular flexibility index (Phi) is 4.64. The lowest BCUT2D eigenvalue weighted by molar-refractivity contribution is -0.141. The highest BCUT2D eigenvalue weighted by molar-refractivity contribution is 5.92. The van der Waals surface area contributed by atoms with Crippen molar-refractivity contribution in [1.82, 2.24) is 35.2 Å². The maximum Gasteiger partial charge on any atom is 0.435 e. The van der Waals surface area contributed by atoms with Crippen molar-refractivity contribution < 1.29 is 22.5 Å². The van der Waals surface area contributed by atoms with E-state index in [1.54, 1.807) is 19.9 Å². The van der Waals surface area contributed by atoms with Crippen LogP contribution in [-0.2, 0) is 13.2 Å². The molecule has 3 aromatic heterocycles. The summed E-state index contributed by atoms with van der Waals surface area (Å²) < 4.78 is 44.1. The Balaban J connectivity index is 1.75. The Labute approximate surface area is 150 Å². The molecule has 3 rings (SSSR count). The van der Waals surface area contributed by atoms with Crippen molar-refractivity contribution >= 4 is 5.91 Å². The first kappa shape index (κ1) is 18.5. The van der Waals surface area contributed by atoms with E-state index in [0.717, 1.165) is 4.68 Å². The highest BCUT2D eigenvalue weighted by Crippen LogP contribution is 2.28. The standard InChI is InChI=1S/C15H14F3N7O2/c1-7-4-9(20-6-19-7)12-22-14(27-24-12)8(2)21-13(26)10-5-11(15(16,17)18)23-25(10)3/h4-6,8H,1-3H3,(H,21,26)/t8-/m0/s1. The smallest absolute Gasteiger partial charge is 0.339 e. The molecule has 0 fully saturated rings. The van der Waals surface area contributed by atoms with Crippen molar-refractivity contribution in [1.29, 1.82) is 0 Å². The van der Waals surface area contributed by atoms with E-state index in [1.807, 2.05) is 0 Å². The number of halogens is 3. The van der Waals surface area contributed by atoms with Crippen LogP contribution in [0.4, 0.5) is 13.2 Å². The summed E-state index contributed by atoms with van der Waals surface area (Å²) in [7, 11) is 1.25. The number of nitrogens with zero attached hydrogens (tertiary/aromatic N) is 6. The van der Waals surface area contributed by atoms with Gasteiger partial charge in [-0.25, -0.2) is 9.97 Å². The lowest BCUT2D eigenvalue weighted by Gasteiger charge is -2.09. The van der Waals surface area contributed by atoms with Crippen molar-refractivity contribution in [3.8, 4) is 11.5 Å². The largest absolute Gasteiger partial charge is 0.435 e. The van der Waals surface area contributed by atoms with Gasteiger partial charge in [0, 0.05) is 18.8 Å². The second kappa shape index (κ2) is 6.78. The van der Waals surface area contributed by atoms with Crippen LogP contribution in [-0.4, -0.2) is 35.8 Å². The maximum atomic E-state index is 12.7. The van der Waals surface area contributed by atoms with E-state index in [0.29, 0.717) is 17.5 Å². The first-order valence-electron chi connectivity index (χ1n) is 7.70. The van der Waals surface area contributed by atoms with E-state index in [9.17, 15) is 18.0 Å². The molecule has 0 aliphatic heterocycles. The fraction of sp³-hybridized carbons (Fsp3) is 0.333. The molecule has 3 heterocycles. The van der Waals surface area contributed by atoms with Crippen LogP contribution in [0.25, 0.3) is 11.5 Å². The van der Waals surface area contributed by atoms with E-state index in [2.05, 4.69) is 30.5 Å². The zero-order valence-electron chi connectivity index (χ0n) is 14.4. The summed E-state index contributed by atoms with van der Waals surface area (Å²) >= 11 is 0. The van der Waals surface area contributed by atoms with Crippen molar-refractivity contribution in [3.63, 3.8) is 0 Å². The second-order valence-corrected chi connectivity index (χ2v) is 5.73. The number of alkyl halides is 3. The molecule has 0 spiro atoms. The minimum absolute atomic E-state index is 0.0767. The third-order valence-corrected chi connectivity index (χ3v) is 3.60. The van der Waals surface area contributed by atoms with Gasteiger partial charge in [-0.1, -0.05) is 5.16 Å². The zero-order valence-corrected chi connectivity index (χ0v) is 14.4. The first-order chi connectivity index (χ1) is 12.6. The molecular formula is C15H14F3N7O2. The molecule has 0 radical (unpaired) electrons. The van der Waals surface area contributed by atoms with E-state index in [-0.39, 0.29) is 17.4 Å². The Morgan fingerprint density at radius 3 is 2.67 bits per heavy atom. The Bertz CT molecular complexity index is 980. The summed E-state index contributed by atoms with van der Waals surface area (Å²) in [6.07, 6.45) is -3.29. The SMILES string of the molecule is Cc1cc(-c2noc([C@H](C)NC(=O)c3cc(C(F)(F)F)nn3C)n2)ncn1. The van der Waals surface area contributed by atoms with Gasteiger partial charge in [-0.3, -0.25) is 9.48 Å². The number of carbonyl (C=O) groups is 1. The topological polar surface area (TPSA) is 112 Å². The molecule has 1 N–H and O–H groups in total. The Morgan fingerprint density at radius 1 is 1.30 bits per heavy atom. The van der Waals surface area contributed by atoms with Gasteiger partial charge in [-0.2, -0.15) is 23.3 Å². The van der Waals surface area contributed by atoms with E-state index in [4.69, 9.17) is 4.52 Å². The maximum absolute atomic E-state index is 12.7. The van der Waals surface area contributed by atoms with Crippen molar-refractivity contribution in [3.05, 3.63) is 41.4 Å². The molecule has 0 bridgehead atoms. The number of hydrogen-bond donors (Lipinski definition) is 1. The van der Waals surface area contributed by atoms with Crippen LogP contribution in [0, 0.1) is 6.92 Å².